The van der Waals surface area contributed by atoms with Crippen molar-refractivity contribution in [3.8, 4) is 0 Å². The number of aromatic nitrogens is 6. The van der Waals surface area contributed by atoms with E-state index in [0.29, 0.717) is 13.1 Å². The Hall–Kier alpha value is -2.77. The predicted octanol–water partition coefficient (Wildman–Crippen LogP) is 0.893. The summed E-state index contributed by atoms with van der Waals surface area (Å²) in [5, 5.41) is 9.72. The summed E-state index contributed by atoms with van der Waals surface area (Å²) in [4.78, 5) is 23.1. The Morgan fingerprint density at radius 1 is 1.29 bits per heavy atom. The van der Waals surface area contributed by atoms with Crippen LogP contribution in [0.4, 0.5) is 5.82 Å². The third kappa shape index (κ3) is 2.34. The van der Waals surface area contributed by atoms with E-state index in [1.165, 1.54) is 0 Å². The molecule has 0 amide bonds. The fourth-order valence-corrected chi connectivity index (χ4v) is 3.19. The molecule has 4 heterocycles. The monoisotopic (exact) mass is 325 g/mol. The van der Waals surface area contributed by atoms with Gasteiger partial charge in [0.15, 0.2) is 5.65 Å². The number of nitrogens with zero attached hydrogens (tertiary/aromatic N) is 7. The molecule has 8 nitrogen and oxygen atoms in total. The molecule has 0 aromatic carbocycles. The van der Waals surface area contributed by atoms with Crippen molar-refractivity contribution in [2.45, 2.75) is 32.9 Å². The molecule has 0 N–H and O–H groups in total. The molecule has 1 aliphatic heterocycles. The van der Waals surface area contributed by atoms with Crippen molar-refractivity contribution in [2.24, 2.45) is 7.05 Å². The van der Waals surface area contributed by atoms with Crippen molar-refractivity contribution in [3.63, 3.8) is 0 Å². The van der Waals surface area contributed by atoms with Crippen molar-refractivity contribution < 1.29 is 0 Å². The Kier molecular flexibility index (Phi) is 3.51. The van der Waals surface area contributed by atoms with E-state index in [9.17, 15) is 4.79 Å². The van der Waals surface area contributed by atoms with Crippen LogP contribution in [-0.2, 0) is 26.6 Å². The van der Waals surface area contributed by atoms with Gasteiger partial charge in [0.1, 0.15) is 12.1 Å². The van der Waals surface area contributed by atoms with Gasteiger partial charge in [-0.1, -0.05) is 6.92 Å². The molecule has 0 spiro atoms. The van der Waals surface area contributed by atoms with Gasteiger partial charge < -0.3 is 4.90 Å². The second-order valence-electron chi connectivity index (χ2n) is 6.05. The minimum absolute atomic E-state index is 0.0355. The molecule has 0 radical (unpaired) electrons. The van der Waals surface area contributed by atoms with Gasteiger partial charge >= 0.3 is 0 Å². The zero-order valence-corrected chi connectivity index (χ0v) is 13.8. The van der Waals surface area contributed by atoms with Crippen LogP contribution in [0.25, 0.3) is 11.0 Å². The van der Waals surface area contributed by atoms with Crippen molar-refractivity contribution in [1.82, 2.24) is 29.5 Å². The highest BCUT2D eigenvalue weighted by Crippen LogP contribution is 2.26. The topological polar surface area (TPSA) is 81.7 Å². The normalized spacial score (nSPS) is 14.2. The molecular formula is C16H19N7O. The van der Waals surface area contributed by atoms with Crippen LogP contribution in [0.3, 0.4) is 0 Å². The number of fused-ring (bicyclic) bond motifs is 2. The quantitative estimate of drug-likeness (QED) is 0.711. The van der Waals surface area contributed by atoms with Crippen LogP contribution in [0.1, 0.15) is 24.6 Å². The average Bonchev–Trinajstić information content (AvgIpc) is 2.97. The molecular weight excluding hydrogens is 306 g/mol. The molecule has 0 unspecified atom stereocenters. The number of aryl methyl sites for hydroxylation is 2. The van der Waals surface area contributed by atoms with Gasteiger partial charge in [0, 0.05) is 44.7 Å². The largest absolute Gasteiger partial charge is 0.351 e. The predicted molar refractivity (Wildman–Crippen MR) is 89.8 cm³/mol. The summed E-state index contributed by atoms with van der Waals surface area (Å²) < 4.78 is 3.31. The van der Waals surface area contributed by atoms with Crippen LogP contribution in [0.2, 0.25) is 0 Å². The third-order valence-electron chi connectivity index (χ3n) is 4.39. The zero-order valence-electron chi connectivity index (χ0n) is 13.8. The van der Waals surface area contributed by atoms with E-state index in [2.05, 4.69) is 25.1 Å². The minimum Gasteiger partial charge on any atom is -0.351 e. The minimum atomic E-state index is -0.0355. The van der Waals surface area contributed by atoms with Crippen molar-refractivity contribution in [2.75, 3.05) is 11.4 Å². The molecule has 0 bridgehead atoms. The summed E-state index contributed by atoms with van der Waals surface area (Å²) in [6.07, 6.45) is 5.05. The first-order valence-electron chi connectivity index (χ1n) is 8.15. The number of hydrogen-bond donors (Lipinski definition) is 0. The molecule has 124 valence electrons. The van der Waals surface area contributed by atoms with Crippen LogP contribution in [0.15, 0.2) is 23.4 Å². The molecule has 0 aliphatic carbocycles. The molecule has 0 saturated carbocycles. The number of hydrogen-bond acceptors (Lipinski definition) is 6. The van der Waals surface area contributed by atoms with Crippen molar-refractivity contribution in [1.29, 1.82) is 0 Å². The summed E-state index contributed by atoms with van der Waals surface area (Å²) in [6, 6.07) is 1.71. The third-order valence-corrected chi connectivity index (χ3v) is 4.39. The molecule has 0 saturated heterocycles. The first-order chi connectivity index (χ1) is 11.7. The highest BCUT2D eigenvalue weighted by atomic mass is 16.1. The average molecular weight is 325 g/mol. The van der Waals surface area contributed by atoms with E-state index in [1.54, 1.807) is 28.0 Å². The fraction of sp³-hybridized carbons (Fsp3) is 0.438. The first kappa shape index (κ1) is 14.8. The maximum Gasteiger partial charge on any atom is 0.267 e. The summed E-state index contributed by atoms with van der Waals surface area (Å²) >= 11 is 0. The standard InChI is InChI=1S/C16H19N7O/c1-3-5-23-14(24)7-11-9-22(6-4-13(11)20-23)16-12-8-19-21(2)15(12)17-10-18-16/h7-8,10H,3-6,9H2,1-2H3. The molecule has 3 aromatic heterocycles. The summed E-state index contributed by atoms with van der Waals surface area (Å²) in [6.45, 7) is 4.15. The summed E-state index contributed by atoms with van der Waals surface area (Å²) in [5.74, 6) is 0.858. The van der Waals surface area contributed by atoms with Crippen LogP contribution < -0.4 is 10.5 Å². The smallest absolute Gasteiger partial charge is 0.267 e. The Morgan fingerprint density at radius 3 is 3.00 bits per heavy atom. The summed E-state index contributed by atoms with van der Waals surface area (Å²) in [5.41, 5.74) is 2.76. The van der Waals surface area contributed by atoms with E-state index >= 15 is 0 Å². The van der Waals surface area contributed by atoms with E-state index in [-0.39, 0.29) is 5.56 Å². The van der Waals surface area contributed by atoms with Gasteiger partial charge in [0.2, 0.25) is 0 Å². The lowest BCUT2D eigenvalue weighted by Gasteiger charge is -2.29. The van der Waals surface area contributed by atoms with Crippen LogP contribution in [0, 0.1) is 0 Å². The van der Waals surface area contributed by atoms with Crippen LogP contribution in [0.5, 0.6) is 0 Å². The van der Waals surface area contributed by atoms with Crippen molar-refractivity contribution >= 4 is 16.9 Å². The van der Waals surface area contributed by atoms with Gasteiger partial charge in [-0.3, -0.25) is 9.48 Å². The Morgan fingerprint density at radius 2 is 2.17 bits per heavy atom. The van der Waals surface area contributed by atoms with Crippen LogP contribution >= 0.6 is 0 Å². The lowest BCUT2D eigenvalue weighted by atomic mass is 10.1. The molecule has 8 heteroatoms. The lowest BCUT2D eigenvalue weighted by Crippen LogP contribution is -2.35. The lowest BCUT2D eigenvalue weighted by molar-refractivity contribution is 0.539. The molecule has 24 heavy (non-hydrogen) atoms. The van der Waals surface area contributed by atoms with Crippen LogP contribution in [-0.4, -0.2) is 36.1 Å². The highest BCUT2D eigenvalue weighted by Gasteiger charge is 2.22. The first-order valence-corrected chi connectivity index (χ1v) is 8.15. The van der Waals surface area contributed by atoms with Crippen molar-refractivity contribution in [3.05, 3.63) is 40.2 Å². The SMILES string of the molecule is CCCn1nc2c(cc1=O)CN(c1ncnc3c1cnn3C)CC2. The molecule has 0 fully saturated rings. The molecule has 3 aromatic rings. The van der Waals surface area contributed by atoms with E-state index in [0.717, 1.165) is 47.5 Å². The molecule has 0 atom stereocenters. The molecule has 4 rings (SSSR count). The van der Waals surface area contributed by atoms with E-state index in [1.807, 2.05) is 14.0 Å². The Balaban J connectivity index is 1.71. The summed E-state index contributed by atoms with van der Waals surface area (Å²) in [7, 11) is 1.87. The van der Waals surface area contributed by atoms with Gasteiger partial charge in [0.25, 0.3) is 5.56 Å². The van der Waals surface area contributed by atoms with Gasteiger partial charge in [-0.15, -0.1) is 0 Å². The van der Waals surface area contributed by atoms with Gasteiger partial charge in [-0.05, 0) is 6.42 Å². The number of rotatable bonds is 3. The van der Waals surface area contributed by atoms with E-state index < -0.39 is 0 Å². The van der Waals surface area contributed by atoms with Gasteiger partial charge in [-0.2, -0.15) is 10.2 Å². The van der Waals surface area contributed by atoms with Gasteiger partial charge in [0.05, 0.1) is 17.3 Å². The maximum absolute atomic E-state index is 12.2. The Bertz CT molecular complexity index is 959. The number of anilines is 1. The maximum atomic E-state index is 12.2. The second kappa shape index (κ2) is 5.70. The Labute approximate surface area is 138 Å². The molecule has 1 aliphatic rings. The van der Waals surface area contributed by atoms with E-state index in [4.69, 9.17) is 0 Å². The zero-order chi connectivity index (χ0) is 16.7. The highest BCUT2D eigenvalue weighted by molar-refractivity contribution is 5.86. The fourth-order valence-electron chi connectivity index (χ4n) is 3.19. The van der Waals surface area contributed by atoms with Gasteiger partial charge in [-0.25, -0.2) is 14.6 Å². The second-order valence-corrected chi connectivity index (χ2v) is 6.05.